The van der Waals surface area contributed by atoms with Crippen LogP contribution in [-0.4, -0.2) is 28.7 Å². The summed E-state index contributed by atoms with van der Waals surface area (Å²) in [7, 11) is 0. The average molecular weight is 370 g/mol. The molecule has 0 aliphatic rings. The maximum absolute atomic E-state index is 12.0. The molecule has 0 aliphatic carbocycles. The van der Waals surface area contributed by atoms with Crippen molar-refractivity contribution in [2.45, 2.75) is 0 Å². The number of benzene rings is 2. The van der Waals surface area contributed by atoms with Crippen LogP contribution < -0.4 is 10.2 Å². The van der Waals surface area contributed by atoms with Crippen LogP contribution in [0.2, 0.25) is 0 Å². The Morgan fingerprint density at radius 3 is 2.93 bits per heavy atom. The number of nitrogens with zero attached hydrogens (tertiary/aromatic N) is 2. The molecule has 2 heterocycles. The number of fused-ring (bicyclic) bond motifs is 1. The zero-order valence-corrected chi connectivity index (χ0v) is 15.0. The first-order valence-corrected chi connectivity index (χ1v) is 8.80. The molecule has 2 aromatic heterocycles. The topological polar surface area (TPSA) is 79.4 Å². The minimum Gasteiger partial charge on any atom is -0.484 e. The van der Waals surface area contributed by atoms with Crippen molar-refractivity contribution in [1.82, 2.24) is 15.4 Å². The van der Waals surface area contributed by atoms with E-state index in [2.05, 4.69) is 20.5 Å². The van der Waals surface area contributed by atoms with Gasteiger partial charge in [-0.15, -0.1) is 0 Å². The number of pyridine rings is 1. The predicted octanol–water partition coefficient (Wildman–Crippen LogP) is 3.76. The standard InChI is InChI=1S/C22H18N4O2/c27-22(26-25-13-16-6-7-17-8-10-24-21(17)11-16)15-28-20-5-1-3-18(12-20)19-4-2-9-23-14-19/h1-14,24H,15H2,(H,26,27). The number of rotatable bonds is 6. The Hall–Kier alpha value is -3.93. The third kappa shape index (κ3) is 4.24. The molecule has 0 saturated carbocycles. The summed E-state index contributed by atoms with van der Waals surface area (Å²) in [6.45, 7) is -0.122. The monoisotopic (exact) mass is 370 g/mol. The number of carbonyl (C=O) groups is 1. The molecule has 0 aliphatic heterocycles. The Balaban J connectivity index is 1.32. The largest absolute Gasteiger partial charge is 0.484 e. The van der Waals surface area contributed by atoms with Crippen molar-refractivity contribution in [3.63, 3.8) is 0 Å². The van der Waals surface area contributed by atoms with E-state index in [4.69, 9.17) is 4.74 Å². The summed E-state index contributed by atoms with van der Waals surface area (Å²) in [6, 6.07) is 19.3. The summed E-state index contributed by atoms with van der Waals surface area (Å²) >= 11 is 0. The molecule has 1 amide bonds. The molecule has 2 N–H and O–H groups in total. The Kier molecular flexibility index (Phi) is 5.11. The first-order valence-electron chi connectivity index (χ1n) is 8.80. The van der Waals surface area contributed by atoms with Crippen LogP contribution in [-0.2, 0) is 4.79 Å². The molecule has 0 spiro atoms. The van der Waals surface area contributed by atoms with Gasteiger partial charge in [0.1, 0.15) is 5.75 Å². The molecular weight excluding hydrogens is 352 g/mol. The molecule has 6 nitrogen and oxygen atoms in total. The first-order chi connectivity index (χ1) is 13.8. The second kappa shape index (κ2) is 8.18. The van der Waals surface area contributed by atoms with Gasteiger partial charge in [-0.1, -0.05) is 30.3 Å². The zero-order chi connectivity index (χ0) is 19.2. The van der Waals surface area contributed by atoms with Crippen molar-refractivity contribution in [3.8, 4) is 16.9 Å². The molecule has 4 rings (SSSR count). The normalized spacial score (nSPS) is 11.0. The van der Waals surface area contributed by atoms with Crippen LogP contribution in [0.25, 0.3) is 22.0 Å². The molecule has 0 fully saturated rings. The second-order valence-corrected chi connectivity index (χ2v) is 6.18. The van der Waals surface area contributed by atoms with Crippen molar-refractivity contribution in [2.75, 3.05) is 6.61 Å². The van der Waals surface area contributed by atoms with Gasteiger partial charge in [0.05, 0.1) is 6.21 Å². The highest BCUT2D eigenvalue weighted by molar-refractivity contribution is 5.89. The van der Waals surface area contributed by atoms with Crippen LogP contribution in [0.3, 0.4) is 0 Å². The molecule has 6 heteroatoms. The number of aromatic amines is 1. The lowest BCUT2D eigenvalue weighted by Gasteiger charge is -2.07. The third-order valence-corrected chi connectivity index (χ3v) is 4.18. The van der Waals surface area contributed by atoms with Crippen LogP contribution >= 0.6 is 0 Å². The highest BCUT2D eigenvalue weighted by atomic mass is 16.5. The summed E-state index contributed by atoms with van der Waals surface area (Å²) in [5.74, 6) is 0.279. The highest BCUT2D eigenvalue weighted by Crippen LogP contribution is 2.22. The van der Waals surface area contributed by atoms with Crippen LogP contribution in [0.4, 0.5) is 0 Å². The van der Waals surface area contributed by atoms with Crippen LogP contribution in [0.15, 0.2) is 84.4 Å². The van der Waals surface area contributed by atoms with Crippen molar-refractivity contribution < 1.29 is 9.53 Å². The average Bonchev–Trinajstić information content (AvgIpc) is 3.21. The smallest absolute Gasteiger partial charge is 0.277 e. The number of hydrogen-bond donors (Lipinski definition) is 2. The van der Waals surface area contributed by atoms with E-state index in [1.807, 2.05) is 66.9 Å². The molecule has 2 aromatic carbocycles. The van der Waals surface area contributed by atoms with Gasteiger partial charge in [-0.2, -0.15) is 5.10 Å². The van der Waals surface area contributed by atoms with Gasteiger partial charge in [0.2, 0.25) is 0 Å². The second-order valence-electron chi connectivity index (χ2n) is 6.18. The molecule has 0 saturated heterocycles. The van der Waals surface area contributed by atoms with Gasteiger partial charge in [0.25, 0.3) is 5.91 Å². The zero-order valence-electron chi connectivity index (χ0n) is 15.0. The third-order valence-electron chi connectivity index (χ3n) is 4.18. The number of H-pyrrole nitrogens is 1. The quantitative estimate of drug-likeness (QED) is 0.401. The number of hydrogen-bond acceptors (Lipinski definition) is 4. The van der Waals surface area contributed by atoms with E-state index in [1.165, 1.54) is 0 Å². The maximum Gasteiger partial charge on any atom is 0.277 e. The minimum atomic E-state index is -0.330. The van der Waals surface area contributed by atoms with E-state index in [0.29, 0.717) is 5.75 Å². The molecule has 28 heavy (non-hydrogen) atoms. The summed E-state index contributed by atoms with van der Waals surface area (Å²) in [6.07, 6.45) is 6.99. The van der Waals surface area contributed by atoms with Crippen molar-refractivity contribution >= 4 is 23.0 Å². The Labute approximate surface area is 161 Å². The van der Waals surface area contributed by atoms with Crippen LogP contribution in [0.5, 0.6) is 5.75 Å². The van der Waals surface area contributed by atoms with Gasteiger partial charge < -0.3 is 9.72 Å². The highest BCUT2D eigenvalue weighted by Gasteiger charge is 2.04. The first kappa shape index (κ1) is 17.5. The Morgan fingerprint density at radius 1 is 1.11 bits per heavy atom. The molecular formula is C22H18N4O2. The number of nitrogens with one attached hydrogen (secondary N) is 2. The van der Waals surface area contributed by atoms with Gasteiger partial charge in [0, 0.05) is 29.7 Å². The fourth-order valence-electron chi connectivity index (χ4n) is 2.80. The fourth-order valence-corrected chi connectivity index (χ4v) is 2.80. The number of hydrazone groups is 1. The molecule has 0 radical (unpaired) electrons. The van der Waals surface area contributed by atoms with E-state index in [9.17, 15) is 4.79 Å². The fraction of sp³-hybridized carbons (Fsp3) is 0.0455. The molecule has 0 bridgehead atoms. The minimum absolute atomic E-state index is 0.122. The number of aromatic nitrogens is 2. The summed E-state index contributed by atoms with van der Waals surface area (Å²) < 4.78 is 5.57. The van der Waals surface area contributed by atoms with Gasteiger partial charge >= 0.3 is 0 Å². The lowest BCUT2D eigenvalue weighted by Crippen LogP contribution is -2.24. The van der Waals surface area contributed by atoms with E-state index in [1.54, 1.807) is 18.6 Å². The number of ether oxygens (including phenoxy) is 1. The summed E-state index contributed by atoms with van der Waals surface area (Å²) in [4.78, 5) is 19.2. The van der Waals surface area contributed by atoms with E-state index < -0.39 is 0 Å². The van der Waals surface area contributed by atoms with E-state index in [0.717, 1.165) is 27.6 Å². The van der Waals surface area contributed by atoms with Crippen LogP contribution in [0, 0.1) is 0 Å². The molecule has 0 unspecified atom stereocenters. The summed E-state index contributed by atoms with van der Waals surface area (Å²) in [5, 5.41) is 5.11. The molecule has 138 valence electrons. The van der Waals surface area contributed by atoms with E-state index in [-0.39, 0.29) is 12.5 Å². The summed E-state index contributed by atoms with van der Waals surface area (Å²) in [5.41, 5.74) is 6.35. The Morgan fingerprint density at radius 2 is 2.04 bits per heavy atom. The van der Waals surface area contributed by atoms with Gasteiger partial charge in [-0.05, 0) is 46.8 Å². The van der Waals surface area contributed by atoms with Crippen molar-refractivity contribution in [2.24, 2.45) is 5.10 Å². The number of carbonyl (C=O) groups excluding carboxylic acids is 1. The van der Waals surface area contributed by atoms with Crippen molar-refractivity contribution in [1.29, 1.82) is 0 Å². The lowest BCUT2D eigenvalue weighted by atomic mass is 10.1. The number of amides is 1. The molecule has 0 atom stereocenters. The Bertz CT molecular complexity index is 1120. The van der Waals surface area contributed by atoms with Gasteiger partial charge in [0.15, 0.2) is 6.61 Å². The maximum atomic E-state index is 12.0. The molecule has 4 aromatic rings. The van der Waals surface area contributed by atoms with Gasteiger partial charge in [-0.3, -0.25) is 9.78 Å². The van der Waals surface area contributed by atoms with E-state index >= 15 is 0 Å². The predicted molar refractivity (Wildman–Crippen MR) is 109 cm³/mol. The van der Waals surface area contributed by atoms with Gasteiger partial charge in [-0.25, -0.2) is 5.43 Å². The SMILES string of the molecule is O=C(COc1cccc(-c2cccnc2)c1)NN=Cc1ccc2cc[nH]c2c1. The van der Waals surface area contributed by atoms with Crippen molar-refractivity contribution in [3.05, 3.63) is 84.8 Å². The lowest BCUT2D eigenvalue weighted by molar-refractivity contribution is -0.123. The van der Waals surface area contributed by atoms with Crippen LogP contribution in [0.1, 0.15) is 5.56 Å².